The Morgan fingerprint density at radius 2 is 1.67 bits per heavy atom. The highest BCUT2D eigenvalue weighted by Gasteiger charge is 2.15. The fourth-order valence-corrected chi connectivity index (χ4v) is 3.14. The highest BCUT2D eigenvalue weighted by atomic mass is 16.5. The van der Waals surface area contributed by atoms with Crippen molar-refractivity contribution in [2.75, 3.05) is 23.8 Å². The Hall–Kier alpha value is -3.22. The summed E-state index contributed by atoms with van der Waals surface area (Å²) < 4.78 is 11.4. The molecule has 2 rings (SSSR count). The molecule has 2 aromatic rings. The topological polar surface area (TPSA) is 88.7 Å². The van der Waals surface area contributed by atoms with Crippen molar-refractivity contribution in [3.05, 3.63) is 48.0 Å². The first-order chi connectivity index (χ1) is 15.6. The first-order valence-electron chi connectivity index (χ1n) is 11.4. The zero-order valence-electron chi connectivity index (χ0n) is 20.6. The molecule has 0 aliphatic rings. The van der Waals surface area contributed by atoms with Crippen LogP contribution in [-0.2, 0) is 16.1 Å². The van der Waals surface area contributed by atoms with Crippen LogP contribution in [0.3, 0.4) is 0 Å². The molecule has 2 aromatic carbocycles. The van der Waals surface area contributed by atoms with Crippen molar-refractivity contribution in [3.8, 4) is 11.5 Å². The monoisotopic (exact) mass is 455 g/mol. The van der Waals surface area contributed by atoms with Gasteiger partial charge in [-0.05, 0) is 69.5 Å². The number of amides is 2. The van der Waals surface area contributed by atoms with E-state index in [9.17, 15) is 9.59 Å². The van der Waals surface area contributed by atoms with E-state index in [4.69, 9.17) is 9.47 Å². The maximum Gasteiger partial charge on any atom is 0.258 e. The molecule has 0 aromatic heterocycles. The van der Waals surface area contributed by atoms with Gasteiger partial charge in [0.1, 0.15) is 0 Å². The highest BCUT2D eigenvalue weighted by molar-refractivity contribution is 5.91. The van der Waals surface area contributed by atoms with E-state index in [1.807, 2.05) is 84.0 Å². The van der Waals surface area contributed by atoms with Crippen molar-refractivity contribution in [1.29, 1.82) is 0 Å². The lowest BCUT2D eigenvalue weighted by Gasteiger charge is -2.21. The van der Waals surface area contributed by atoms with Gasteiger partial charge in [-0.3, -0.25) is 9.59 Å². The minimum atomic E-state index is -0.312. The number of hydrogen-bond donors (Lipinski definition) is 3. The van der Waals surface area contributed by atoms with E-state index >= 15 is 0 Å². The Kier molecular flexibility index (Phi) is 9.57. The molecule has 7 nitrogen and oxygen atoms in total. The van der Waals surface area contributed by atoms with E-state index in [1.54, 1.807) is 0 Å². The molecular formula is C26H37N3O4. The standard InChI is InChI=1S/C26H37N3O4/c1-7-32-23-14-19(11-12-22(23)33-17-25(31)29-26(4,5)6)16-27-20-9-8-10-21(15-20)28-24(30)13-18(2)3/h8-12,14-15,18,27H,7,13,16-17H2,1-6H3,(H,28,30)(H,29,31). The third-order valence-electron chi connectivity index (χ3n) is 4.42. The molecule has 0 saturated heterocycles. The summed E-state index contributed by atoms with van der Waals surface area (Å²) in [4.78, 5) is 24.1. The van der Waals surface area contributed by atoms with Crippen molar-refractivity contribution in [3.63, 3.8) is 0 Å². The fraction of sp³-hybridized carbons (Fsp3) is 0.462. The third-order valence-corrected chi connectivity index (χ3v) is 4.42. The van der Waals surface area contributed by atoms with E-state index < -0.39 is 0 Å². The molecule has 180 valence electrons. The average Bonchev–Trinajstić information content (AvgIpc) is 2.70. The number of ether oxygens (including phenoxy) is 2. The Morgan fingerprint density at radius 3 is 2.33 bits per heavy atom. The quantitative estimate of drug-likeness (QED) is 0.445. The predicted molar refractivity (Wildman–Crippen MR) is 133 cm³/mol. The van der Waals surface area contributed by atoms with Gasteiger partial charge in [0.2, 0.25) is 5.91 Å². The molecule has 0 unspecified atom stereocenters. The lowest BCUT2D eigenvalue weighted by molar-refractivity contribution is -0.124. The largest absolute Gasteiger partial charge is 0.490 e. The SMILES string of the molecule is CCOc1cc(CNc2cccc(NC(=O)CC(C)C)c2)ccc1OCC(=O)NC(C)(C)C. The molecule has 7 heteroatoms. The summed E-state index contributed by atoms with van der Waals surface area (Å²) in [6.07, 6.45) is 0.490. The number of nitrogens with one attached hydrogen (secondary N) is 3. The van der Waals surface area contributed by atoms with E-state index in [0.29, 0.717) is 37.0 Å². The van der Waals surface area contributed by atoms with E-state index in [0.717, 1.165) is 16.9 Å². The number of hydrogen-bond acceptors (Lipinski definition) is 5. The van der Waals surface area contributed by atoms with E-state index in [1.165, 1.54) is 0 Å². The summed E-state index contributed by atoms with van der Waals surface area (Å²) in [5.74, 6) is 1.26. The Bertz CT molecular complexity index is 935. The molecular weight excluding hydrogens is 418 g/mol. The summed E-state index contributed by atoms with van der Waals surface area (Å²) in [7, 11) is 0. The first-order valence-corrected chi connectivity index (χ1v) is 11.4. The molecule has 2 amide bonds. The molecule has 0 fully saturated rings. The Morgan fingerprint density at radius 1 is 0.939 bits per heavy atom. The van der Waals surface area contributed by atoms with Crippen LogP contribution in [0, 0.1) is 5.92 Å². The molecule has 33 heavy (non-hydrogen) atoms. The van der Waals surface area contributed by atoms with Gasteiger partial charge in [-0.2, -0.15) is 0 Å². The summed E-state index contributed by atoms with van der Waals surface area (Å²) in [5.41, 5.74) is 2.35. The van der Waals surface area contributed by atoms with Crippen molar-refractivity contribution < 1.29 is 19.1 Å². The van der Waals surface area contributed by atoms with Crippen LogP contribution in [0.25, 0.3) is 0 Å². The fourth-order valence-electron chi connectivity index (χ4n) is 3.14. The number of anilines is 2. The Balaban J connectivity index is 1.99. The van der Waals surface area contributed by atoms with Crippen LogP contribution in [0.15, 0.2) is 42.5 Å². The second kappa shape index (κ2) is 12.1. The van der Waals surface area contributed by atoms with Crippen LogP contribution in [0.4, 0.5) is 11.4 Å². The van der Waals surface area contributed by atoms with Gasteiger partial charge in [-0.15, -0.1) is 0 Å². The number of rotatable bonds is 11. The molecule has 0 atom stereocenters. The van der Waals surface area contributed by atoms with Crippen LogP contribution in [0.1, 0.15) is 53.5 Å². The molecule has 0 saturated carbocycles. The van der Waals surface area contributed by atoms with Gasteiger partial charge in [0.15, 0.2) is 18.1 Å². The number of carbonyl (C=O) groups excluding carboxylic acids is 2. The lowest BCUT2D eigenvalue weighted by Crippen LogP contribution is -2.43. The number of carbonyl (C=O) groups is 2. The van der Waals surface area contributed by atoms with Gasteiger partial charge >= 0.3 is 0 Å². The van der Waals surface area contributed by atoms with Crippen molar-refractivity contribution in [2.24, 2.45) is 5.92 Å². The smallest absolute Gasteiger partial charge is 0.258 e. The van der Waals surface area contributed by atoms with Crippen LogP contribution < -0.4 is 25.4 Å². The molecule has 0 radical (unpaired) electrons. The highest BCUT2D eigenvalue weighted by Crippen LogP contribution is 2.29. The molecule has 0 aliphatic carbocycles. The molecule has 0 bridgehead atoms. The first kappa shape index (κ1) is 26.0. The van der Waals surface area contributed by atoms with Crippen LogP contribution in [0.5, 0.6) is 11.5 Å². The van der Waals surface area contributed by atoms with Crippen molar-refractivity contribution in [1.82, 2.24) is 5.32 Å². The summed E-state index contributed by atoms with van der Waals surface area (Å²) in [6, 6.07) is 13.3. The molecule has 0 heterocycles. The summed E-state index contributed by atoms with van der Waals surface area (Å²) >= 11 is 0. The summed E-state index contributed by atoms with van der Waals surface area (Å²) in [6.45, 7) is 12.7. The van der Waals surface area contributed by atoms with Crippen LogP contribution in [-0.4, -0.2) is 30.6 Å². The zero-order chi connectivity index (χ0) is 24.4. The second-order valence-corrected chi connectivity index (χ2v) is 9.38. The normalized spacial score (nSPS) is 11.1. The van der Waals surface area contributed by atoms with E-state index in [2.05, 4.69) is 16.0 Å². The van der Waals surface area contributed by atoms with Crippen LogP contribution in [0.2, 0.25) is 0 Å². The summed E-state index contributed by atoms with van der Waals surface area (Å²) in [5, 5.41) is 9.18. The lowest BCUT2D eigenvalue weighted by atomic mass is 10.1. The molecule has 0 spiro atoms. The predicted octanol–water partition coefficient (Wildman–Crippen LogP) is 4.98. The van der Waals surface area contributed by atoms with E-state index in [-0.39, 0.29) is 24.0 Å². The van der Waals surface area contributed by atoms with Gasteiger partial charge in [-0.25, -0.2) is 0 Å². The molecule has 0 aliphatic heterocycles. The maximum absolute atomic E-state index is 12.1. The van der Waals surface area contributed by atoms with Crippen molar-refractivity contribution >= 4 is 23.2 Å². The minimum absolute atomic E-state index is 0.00952. The van der Waals surface area contributed by atoms with Gasteiger partial charge in [0.05, 0.1) is 6.61 Å². The van der Waals surface area contributed by atoms with Crippen LogP contribution >= 0.6 is 0 Å². The van der Waals surface area contributed by atoms with Gasteiger partial charge in [-0.1, -0.05) is 26.0 Å². The minimum Gasteiger partial charge on any atom is -0.490 e. The third kappa shape index (κ3) is 9.85. The van der Waals surface area contributed by atoms with Gasteiger partial charge in [0.25, 0.3) is 5.91 Å². The van der Waals surface area contributed by atoms with Gasteiger partial charge in [0, 0.05) is 29.9 Å². The maximum atomic E-state index is 12.1. The Labute approximate surface area is 197 Å². The zero-order valence-corrected chi connectivity index (χ0v) is 20.6. The average molecular weight is 456 g/mol. The van der Waals surface area contributed by atoms with Crippen molar-refractivity contribution in [2.45, 2.75) is 60.0 Å². The van der Waals surface area contributed by atoms with Gasteiger partial charge < -0.3 is 25.4 Å². The molecule has 3 N–H and O–H groups in total. The number of benzene rings is 2. The second-order valence-electron chi connectivity index (χ2n) is 9.38.